The van der Waals surface area contributed by atoms with E-state index in [9.17, 15) is 0 Å². The minimum absolute atomic E-state index is 0.00542. The fourth-order valence-corrected chi connectivity index (χ4v) is 2.01. The van der Waals surface area contributed by atoms with Crippen LogP contribution in [0.5, 0.6) is 0 Å². The molecule has 0 saturated heterocycles. The molecule has 1 atom stereocenters. The van der Waals surface area contributed by atoms with Crippen molar-refractivity contribution in [3.63, 3.8) is 0 Å². The largest absolute Gasteiger partial charge is 0.324 e. The molecule has 2 heteroatoms. The molecule has 1 saturated carbocycles. The van der Waals surface area contributed by atoms with Crippen molar-refractivity contribution in [3.05, 3.63) is 12.2 Å². The van der Waals surface area contributed by atoms with Gasteiger partial charge in [-0.1, -0.05) is 19.1 Å². The maximum absolute atomic E-state index is 6.30. The normalized spacial score (nSPS) is 20.9. The minimum Gasteiger partial charge on any atom is -0.324 e. The first kappa shape index (κ1) is 11.7. The molecule has 0 radical (unpaired) electrons. The Morgan fingerprint density at radius 3 is 2.50 bits per heavy atom. The molecule has 2 N–H and O–H groups in total. The van der Waals surface area contributed by atoms with Gasteiger partial charge in [-0.3, -0.25) is 4.90 Å². The molecule has 1 fully saturated rings. The van der Waals surface area contributed by atoms with Gasteiger partial charge in [-0.15, -0.1) is 0 Å². The van der Waals surface area contributed by atoms with Gasteiger partial charge in [0.15, 0.2) is 0 Å². The van der Waals surface area contributed by atoms with Crippen molar-refractivity contribution >= 4 is 0 Å². The van der Waals surface area contributed by atoms with E-state index >= 15 is 0 Å². The second kappa shape index (κ2) is 4.45. The van der Waals surface area contributed by atoms with Crippen LogP contribution in [0.25, 0.3) is 0 Å². The van der Waals surface area contributed by atoms with Crippen LogP contribution in [0.1, 0.15) is 33.6 Å². The number of hydrogen-bond acceptors (Lipinski definition) is 2. The Kier molecular flexibility index (Phi) is 3.73. The molecule has 0 spiro atoms. The molecule has 0 aliphatic heterocycles. The summed E-state index contributed by atoms with van der Waals surface area (Å²) in [5.74, 6) is 0.752. The first-order chi connectivity index (χ1) is 6.45. The Balaban J connectivity index is 2.41. The van der Waals surface area contributed by atoms with E-state index in [0.717, 1.165) is 25.6 Å². The Labute approximate surface area is 88.2 Å². The lowest BCUT2D eigenvalue weighted by Gasteiger charge is -2.32. The number of likely N-dealkylation sites (N-methyl/N-ethyl adjacent to an activating group) is 1. The summed E-state index contributed by atoms with van der Waals surface area (Å²) in [5.41, 5.74) is 7.53. The van der Waals surface area contributed by atoms with Gasteiger partial charge in [-0.05, 0) is 39.2 Å². The maximum Gasteiger partial charge on any atom is 0.0283 e. The standard InChI is InChI=1S/C12H24N2/c1-5-14(8-10(2)3)9-12(4,13)11-6-7-11/h11H,2,5-9,13H2,1,3-4H3. The van der Waals surface area contributed by atoms with E-state index in [1.807, 2.05) is 0 Å². The molecule has 0 aromatic heterocycles. The van der Waals surface area contributed by atoms with Gasteiger partial charge < -0.3 is 5.73 Å². The highest BCUT2D eigenvalue weighted by atomic mass is 15.1. The molecule has 1 rings (SSSR count). The van der Waals surface area contributed by atoms with Gasteiger partial charge in [0.1, 0.15) is 0 Å². The average molecular weight is 196 g/mol. The van der Waals surface area contributed by atoms with Gasteiger partial charge in [-0.2, -0.15) is 0 Å². The summed E-state index contributed by atoms with van der Waals surface area (Å²) in [7, 11) is 0. The molecule has 0 heterocycles. The summed E-state index contributed by atoms with van der Waals surface area (Å²) in [4.78, 5) is 2.39. The second-order valence-electron chi connectivity index (χ2n) is 5.04. The molecule has 0 bridgehead atoms. The van der Waals surface area contributed by atoms with Crippen LogP contribution in [0.2, 0.25) is 0 Å². The van der Waals surface area contributed by atoms with Gasteiger partial charge in [-0.25, -0.2) is 0 Å². The molecule has 14 heavy (non-hydrogen) atoms. The predicted molar refractivity (Wildman–Crippen MR) is 62.2 cm³/mol. The zero-order valence-corrected chi connectivity index (χ0v) is 9.84. The van der Waals surface area contributed by atoms with E-state index < -0.39 is 0 Å². The van der Waals surface area contributed by atoms with E-state index in [-0.39, 0.29) is 5.54 Å². The van der Waals surface area contributed by atoms with Gasteiger partial charge in [0.05, 0.1) is 0 Å². The monoisotopic (exact) mass is 196 g/mol. The van der Waals surface area contributed by atoms with Crippen molar-refractivity contribution < 1.29 is 0 Å². The summed E-state index contributed by atoms with van der Waals surface area (Å²) >= 11 is 0. The quantitative estimate of drug-likeness (QED) is 0.658. The Hall–Kier alpha value is -0.340. The van der Waals surface area contributed by atoms with Crippen molar-refractivity contribution in [1.82, 2.24) is 4.90 Å². The van der Waals surface area contributed by atoms with Crippen LogP contribution in [-0.4, -0.2) is 30.1 Å². The Morgan fingerprint density at radius 1 is 1.57 bits per heavy atom. The van der Waals surface area contributed by atoms with Gasteiger partial charge in [0.25, 0.3) is 0 Å². The molecule has 1 unspecified atom stereocenters. The number of hydrogen-bond donors (Lipinski definition) is 1. The third kappa shape index (κ3) is 3.43. The van der Waals surface area contributed by atoms with E-state index in [0.29, 0.717) is 0 Å². The summed E-state index contributed by atoms with van der Waals surface area (Å²) in [6.45, 7) is 13.4. The van der Waals surface area contributed by atoms with Crippen LogP contribution >= 0.6 is 0 Å². The topological polar surface area (TPSA) is 29.3 Å². The fraction of sp³-hybridized carbons (Fsp3) is 0.833. The lowest BCUT2D eigenvalue weighted by atomic mass is 9.96. The lowest BCUT2D eigenvalue weighted by Crippen LogP contribution is -2.49. The molecular weight excluding hydrogens is 172 g/mol. The molecule has 0 aromatic carbocycles. The Morgan fingerprint density at radius 2 is 2.14 bits per heavy atom. The summed E-state index contributed by atoms with van der Waals surface area (Å²) in [6.07, 6.45) is 2.63. The van der Waals surface area contributed by atoms with Crippen LogP contribution in [0.3, 0.4) is 0 Å². The molecule has 1 aliphatic carbocycles. The first-order valence-electron chi connectivity index (χ1n) is 5.61. The van der Waals surface area contributed by atoms with Gasteiger partial charge in [0, 0.05) is 18.6 Å². The Bertz CT molecular complexity index is 204. The highest BCUT2D eigenvalue weighted by molar-refractivity contribution is 4.99. The molecule has 2 nitrogen and oxygen atoms in total. The van der Waals surface area contributed by atoms with E-state index in [4.69, 9.17) is 5.73 Å². The number of nitrogens with zero attached hydrogens (tertiary/aromatic N) is 1. The van der Waals surface area contributed by atoms with Crippen molar-refractivity contribution in [2.24, 2.45) is 11.7 Å². The maximum atomic E-state index is 6.30. The molecular formula is C12H24N2. The highest BCUT2D eigenvalue weighted by Crippen LogP contribution is 2.38. The fourth-order valence-electron chi connectivity index (χ4n) is 2.01. The van der Waals surface area contributed by atoms with Crippen LogP contribution in [0, 0.1) is 5.92 Å². The molecule has 82 valence electrons. The number of rotatable bonds is 6. The third-order valence-electron chi connectivity index (χ3n) is 3.02. The lowest BCUT2D eigenvalue weighted by molar-refractivity contribution is 0.224. The minimum atomic E-state index is 0.00542. The van der Waals surface area contributed by atoms with E-state index in [1.54, 1.807) is 0 Å². The van der Waals surface area contributed by atoms with Crippen LogP contribution < -0.4 is 5.73 Å². The number of nitrogens with two attached hydrogens (primary N) is 1. The van der Waals surface area contributed by atoms with E-state index in [2.05, 4.69) is 32.3 Å². The summed E-state index contributed by atoms with van der Waals surface area (Å²) in [6, 6.07) is 0. The molecule has 0 aromatic rings. The van der Waals surface area contributed by atoms with Crippen molar-refractivity contribution in [3.8, 4) is 0 Å². The average Bonchev–Trinajstić information content (AvgIpc) is 2.83. The zero-order chi connectivity index (χ0) is 10.8. The summed E-state index contributed by atoms with van der Waals surface area (Å²) < 4.78 is 0. The van der Waals surface area contributed by atoms with Crippen molar-refractivity contribution in [2.45, 2.75) is 39.2 Å². The van der Waals surface area contributed by atoms with E-state index in [1.165, 1.54) is 18.4 Å². The smallest absolute Gasteiger partial charge is 0.0283 e. The zero-order valence-electron chi connectivity index (χ0n) is 9.84. The second-order valence-corrected chi connectivity index (χ2v) is 5.04. The third-order valence-corrected chi connectivity index (χ3v) is 3.02. The van der Waals surface area contributed by atoms with Crippen molar-refractivity contribution in [1.29, 1.82) is 0 Å². The summed E-state index contributed by atoms with van der Waals surface area (Å²) in [5, 5.41) is 0. The molecule has 1 aliphatic rings. The first-order valence-corrected chi connectivity index (χ1v) is 5.61. The van der Waals surface area contributed by atoms with Crippen LogP contribution in [0.15, 0.2) is 12.2 Å². The van der Waals surface area contributed by atoms with Crippen LogP contribution in [-0.2, 0) is 0 Å². The highest BCUT2D eigenvalue weighted by Gasteiger charge is 2.39. The van der Waals surface area contributed by atoms with Crippen molar-refractivity contribution in [2.75, 3.05) is 19.6 Å². The predicted octanol–water partition coefficient (Wildman–Crippen LogP) is 2.01. The SMILES string of the molecule is C=C(C)CN(CC)CC(C)(N)C1CC1. The molecule has 0 amide bonds. The van der Waals surface area contributed by atoms with Gasteiger partial charge in [0.2, 0.25) is 0 Å². The van der Waals surface area contributed by atoms with Crippen LogP contribution in [0.4, 0.5) is 0 Å². The van der Waals surface area contributed by atoms with Gasteiger partial charge >= 0.3 is 0 Å².